The molecule has 0 aliphatic heterocycles. The minimum atomic E-state index is -0.308. The molecule has 5 heteroatoms. The Kier molecular flexibility index (Phi) is 5.10. The summed E-state index contributed by atoms with van der Waals surface area (Å²) in [4.78, 5) is 14.7. The van der Waals surface area contributed by atoms with E-state index in [1.807, 2.05) is 18.2 Å². The summed E-state index contributed by atoms with van der Waals surface area (Å²) in [5.74, 6) is -0.308. The molecule has 1 N–H and O–H groups in total. The Labute approximate surface area is 133 Å². The monoisotopic (exact) mass is 323 g/mol. The lowest BCUT2D eigenvalue weighted by atomic mass is 10.2. The van der Waals surface area contributed by atoms with E-state index in [2.05, 4.69) is 4.98 Å². The number of hydrogen-bond acceptors (Lipinski definition) is 2. The summed E-state index contributed by atoms with van der Waals surface area (Å²) in [6, 6.07) is 5.56. The van der Waals surface area contributed by atoms with Crippen LogP contribution in [0.4, 0.5) is 0 Å². The zero-order valence-electron chi connectivity index (χ0n) is 11.7. The van der Waals surface area contributed by atoms with Gasteiger partial charge in [-0.15, -0.1) is 0 Å². The first-order valence-electron chi connectivity index (χ1n) is 6.51. The number of H-pyrrole nitrogens is 1. The Bertz CT molecular complexity index is 690. The summed E-state index contributed by atoms with van der Waals surface area (Å²) >= 11 is 12.0. The first-order chi connectivity index (χ1) is 10.0. The van der Waals surface area contributed by atoms with Crippen molar-refractivity contribution in [2.24, 2.45) is 0 Å². The summed E-state index contributed by atoms with van der Waals surface area (Å²) < 4.78 is 4.90. The molecule has 0 radical (unpaired) electrons. The van der Waals surface area contributed by atoms with Gasteiger partial charge in [-0.2, -0.15) is 0 Å². The number of fused-ring (bicyclic) bond motifs is 1. The third-order valence-electron chi connectivity index (χ3n) is 2.90. The molecule has 0 saturated carbocycles. The molecule has 1 heterocycles. The minimum absolute atomic E-state index is 0.308. The maximum atomic E-state index is 11.4. The van der Waals surface area contributed by atoms with Crippen LogP contribution < -0.4 is 0 Å². The Morgan fingerprint density at radius 2 is 2.00 bits per heavy atom. The number of carbonyl (C=O) groups is 1. The number of hydrogen-bond donors (Lipinski definition) is 1. The molecule has 2 aromatic rings. The molecule has 3 nitrogen and oxygen atoms in total. The largest absolute Gasteiger partial charge is 0.463 e. The average Bonchev–Trinajstić information content (AvgIpc) is 2.81. The highest BCUT2D eigenvalue weighted by Crippen LogP contribution is 2.28. The number of nitrogens with one attached hydrogen (secondary N) is 1. The number of rotatable bonds is 4. The van der Waals surface area contributed by atoms with Gasteiger partial charge < -0.3 is 9.72 Å². The molecule has 0 aliphatic carbocycles. The molecular formula is C16H15Cl2NO2. The van der Waals surface area contributed by atoms with E-state index in [-0.39, 0.29) is 5.97 Å². The zero-order valence-corrected chi connectivity index (χ0v) is 13.3. The van der Waals surface area contributed by atoms with Gasteiger partial charge in [0.2, 0.25) is 0 Å². The SMILES string of the molecule is CCOC(=O)/C(C)=C\C=C\c1cc2cc(Cl)c(Cl)cc2[nH]1. The van der Waals surface area contributed by atoms with Crippen LogP contribution in [0.2, 0.25) is 10.0 Å². The van der Waals surface area contributed by atoms with Crippen molar-refractivity contribution in [1.82, 2.24) is 4.98 Å². The highest BCUT2D eigenvalue weighted by Gasteiger charge is 2.04. The normalized spacial score (nSPS) is 12.3. The summed E-state index contributed by atoms with van der Waals surface area (Å²) in [6.45, 7) is 3.87. The smallest absolute Gasteiger partial charge is 0.333 e. The number of aromatic amines is 1. The summed E-state index contributed by atoms with van der Waals surface area (Å²) in [5.41, 5.74) is 2.36. The van der Waals surface area contributed by atoms with Crippen molar-refractivity contribution in [3.63, 3.8) is 0 Å². The van der Waals surface area contributed by atoms with Gasteiger partial charge in [-0.3, -0.25) is 0 Å². The number of esters is 1. The number of ether oxygens (including phenoxy) is 1. The zero-order chi connectivity index (χ0) is 15.4. The minimum Gasteiger partial charge on any atom is -0.463 e. The van der Waals surface area contributed by atoms with Gasteiger partial charge in [0.1, 0.15) is 0 Å². The lowest BCUT2D eigenvalue weighted by Gasteiger charge is -1.99. The van der Waals surface area contributed by atoms with Gasteiger partial charge in [-0.25, -0.2) is 4.79 Å². The number of benzene rings is 1. The molecule has 0 fully saturated rings. The first kappa shape index (κ1) is 15.7. The predicted molar refractivity (Wildman–Crippen MR) is 87.7 cm³/mol. The van der Waals surface area contributed by atoms with Crippen molar-refractivity contribution in [3.05, 3.63) is 51.7 Å². The van der Waals surface area contributed by atoms with Crippen LogP contribution in [-0.2, 0) is 9.53 Å². The molecule has 0 spiro atoms. The fourth-order valence-corrected chi connectivity index (χ4v) is 2.18. The first-order valence-corrected chi connectivity index (χ1v) is 7.26. The summed E-state index contributed by atoms with van der Waals surface area (Å²) in [6.07, 6.45) is 5.37. The molecule has 2 rings (SSSR count). The Morgan fingerprint density at radius 3 is 2.71 bits per heavy atom. The van der Waals surface area contributed by atoms with E-state index in [4.69, 9.17) is 27.9 Å². The molecule has 0 aliphatic rings. The van der Waals surface area contributed by atoms with Crippen molar-refractivity contribution in [2.75, 3.05) is 6.61 Å². The number of carbonyl (C=O) groups excluding carboxylic acids is 1. The van der Waals surface area contributed by atoms with Gasteiger partial charge in [0.25, 0.3) is 0 Å². The Morgan fingerprint density at radius 1 is 1.29 bits per heavy atom. The van der Waals surface area contributed by atoms with Gasteiger partial charge in [0.05, 0.1) is 16.7 Å². The van der Waals surface area contributed by atoms with Crippen molar-refractivity contribution < 1.29 is 9.53 Å². The third-order valence-corrected chi connectivity index (χ3v) is 3.62. The van der Waals surface area contributed by atoms with Gasteiger partial charge in [0, 0.05) is 22.2 Å². The Hall–Kier alpha value is -1.71. The fraction of sp³-hybridized carbons (Fsp3) is 0.188. The number of allylic oxidation sites excluding steroid dienone is 2. The second kappa shape index (κ2) is 6.83. The molecular weight excluding hydrogens is 309 g/mol. The van der Waals surface area contributed by atoms with Crippen molar-refractivity contribution >= 4 is 46.2 Å². The van der Waals surface area contributed by atoms with Crippen LogP contribution in [0.3, 0.4) is 0 Å². The predicted octanol–water partition coefficient (Wildman–Crippen LogP) is 5.00. The van der Waals surface area contributed by atoms with Gasteiger partial charge >= 0.3 is 5.97 Å². The van der Waals surface area contributed by atoms with E-state index < -0.39 is 0 Å². The topological polar surface area (TPSA) is 42.1 Å². The fourth-order valence-electron chi connectivity index (χ4n) is 1.85. The molecule has 21 heavy (non-hydrogen) atoms. The average molecular weight is 324 g/mol. The summed E-state index contributed by atoms with van der Waals surface area (Å²) in [7, 11) is 0. The standard InChI is InChI=1S/C16H15Cl2NO2/c1-3-21-16(20)10(2)5-4-6-12-7-11-8-13(17)14(18)9-15(11)19-12/h4-9,19H,3H2,1-2H3/b6-4+,10-5-. The highest BCUT2D eigenvalue weighted by atomic mass is 35.5. The molecule has 0 atom stereocenters. The molecule has 1 aromatic carbocycles. The van der Waals surface area contributed by atoms with E-state index in [1.165, 1.54) is 0 Å². The van der Waals surface area contributed by atoms with Gasteiger partial charge in [-0.05, 0) is 38.1 Å². The van der Waals surface area contributed by atoms with Crippen LogP contribution in [0.5, 0.6) is 0 Å². The van der Waals surface area contributed by atoms with E-state index in [0.29, 0.717) is 22.2 Å². The Balaban J connectivity index is 2.18. The number of aromatic nitrogens is 1. The molecule has 0 saturated heterocycles. The van der Waals surface area contributed by atoms with Crippen molar-refractivity contribution in [2.45, 2.75) is 13.8 Å². The van der Waals surface area contributed by atoms with Crippen LogP contribution in [0.15, 0.2) is 35.9 Å². The second-order valence-electron chi connectivity index (χ2n) is 4.51. The number of halogens is 2. The maximum Gasteiger partial charge on any atom is 0.333 e. The molecule has 0 unspecified atom stereocenters. The molecule has 1 aromatic heterocycles. The van der Waals surface area contributed by atoms with E-state index in [0.717, 1.165) is 16.6 Å². The van der Waals surface area contributed by atoms with E-state index >= 15 is 0 Å². The van der Waals surface area contributed by atoms with Crippen LogP contribution in [0, 0.1) is 0 Å². The molecule has 110 valence electrons. The van der Waals surface area contributed by atoms with E-state index in [9.17, 15) is 4.79 Å². The molecule has 0 bridgehead atoms. The van der Waals surface area contributed by atoms with Gasteiger partial charge in [-0.1, -0.05) is 35.4 Å². The van der Waals surface area contributed by atoms with Gasteiger partial charge in [0.15, 0.2) is 0 Å². The maximum absolute atomic E-state index is 11.4. The molecule has 0 amide bonds. The summed E-state index contributed by atoms with van der Waals surface area (Å²) in [5, 5.41) is 2.02. The lowest BCUT2D eigenvalue weighted by Crippen LogP contribution is -2.04. The third kappa shape index (κ3) is 3.90. The second-order valence-corrected chi connectivity index (χ2v) is 5.32. The van der Waals surface area contributed by atoms with Crippen LogP contribution in [-0.4, -0.2) is 17.6 Å². The van der Waals surface area contributed by atoms with E-state index in [1.54, 1.807) is 32.1 Å². The van der Waals surface area contributed by atoms with Crippen LogP contribution in [0.1, 0.15) is 19.5 Å². The van der Waals surface area contributed by atoms with Crippen LogP contribution >= 0.6 is 23.2 Å². The van der Waals surface area contributed by atoms with Crippen molar-refractivity contribution in [1.29, 1.82) is 0 Å². The van der Waals surface area contributed by atoms with Crippen molar-refractivity contribution in [3.8, 4) is 0 Å². The quantitative estimate of drug-likeness (QED) is 0.489. The van der Waals surface area contributed by atoms with Crippen LogP contribution in [0.25, 0.3) is 17.0 Å². The highest BCUT2D eigenvalue weighted by molar-refractivity contribution is 6.42. The lowest BCUT2D eigenvalue weighted by molar-refractivity contribution is -0.138.